The molecule has 0 spiro atoms. The standard InChI is InChI=1S/C20H38N4O3S.HI/c1-19(2)16-24(11-14-28(19,25)26)18(21-3)22-15-20(7-5-4-6-8-20)17-23-9-12-27-13-10-23;/h4-17H2,1-3H3,(H,21,22);1H. The van der Waals surface area contributed by atoms with Gasteiger partial charge in [0.25, 0.3) is 0 Å². The average molecular weight is 543 g/mol. The number of halogens is 1. The number of morpholine rings is 1. The fourth-order valence-electron chi connectivity index (χ4n) is 4.85. The molecule has 0 aromatic rings. The van der Waals surface area contributed by atoms with E-state index in [9.17, 15) is 8.42 Å². The first kappa shape index (κ1) is 25.1. The molecule has 9 heteroatoms. The molecule has 0 atom stereocenters. The van der Waals surface area contributed by atoms with Crippen LogP contribution in [-0.2, 0) is 14.6 Å². The van der Waals surface area contributed by atoms with E-state index >= 15 is 0 Å². The Hall–Kier alpha value is -0.130. The summed E-state index contributed by atoms with van der Waals surface area (Å²) in [6, 6.07) is 0. The van der Waals surface area contributed by atoms with Crippen LogP contribution in [0.25, 0.3) is 0 Å². The highest BCUT2D eigenvalue weighted by Gasteiger charge is 2.41. The molecule has 1 N–H and O–H groups in total. The summed E-state index contributed by atoms with van der Waals surface area (Å²) in [5.41, 5.74) is 0.267. The third kappa shape index (κ3) is 6.20. The van der Waals surface area contributed by atoms with E-state index in [1.165, 1.54) is 32.1 Å². The molecule has 3 rings (SSSR count). The van der Waals surface area contributed by atoms with Crippen molar-refractivity contribution in [2.45, 2.75) is 50.7 Å². The zero-order valence-electron chi connectivity index (χ0n) is 18.3. The quantitative estimate of drug-likeness (QED) is 0.333. The molecule has 0 aromatic carbocycles. The summed E-state index contributed by atoms with van der Waals surface area (Å²) in [6.45, 7) is 10.4. The summed E-state index contributed by atoms with van der Waals surface area (Å²) in [6.07, 6.45) is 6.40. The highest BCUT2D eigenvalue weighted by atomic mass is 127. The molecule has 0 amide bonds. The van der Waals surface area contributed by atoms with Crippen LogP contribution >= 0.6 is 24.0 Å². The lowest BCUT2D eigenvalue weighted by molar-refractivity contribution is 0.00807. The van der Waals surface area contributed by atoms with Gasteiger partial charge in [0.2, 0.25) is 0 Å². The molecule has 3 fully saturated rings. The van der Waals surface area contributed by atoms with Crippen molar-refractivity contribution in [2.24, 2.45) is 10.4 Å². The van der Waals surface area contributed by atoms with Crippen LogP contribution in [0, 0.1) is 5.41 Å². The van der Waals surface area contributed by atoms with Gasteiger partial charge < -0.3 is 15.0 Å². The van der Waals surface area contributed by atoms with E-state index in [0.29, 0.717) is 13.1 Å². The zero-order chi connectivity index (χ0) is 20.3. The van der Waals surface area contributed by atoms with E-state index in [4.69, 9.17) is 4.74 Å². The minimum absolute atomic E-state index is 0. The largest absolute Gasteiger partial charge is 0.379 e. The smallest absolute Gasteiger partial charge is 0.193 e. The summed E-state index contributed by atoms with van der Waals surface area (Å²) in [5.74, 6) is 1.04. The molecule has 7 nitrogen and oxygen atoms in total. The molecule has 1 saturated carbocycles. The van der Waals surface area contributed by atoms with Crippen LogP contribution in [0.15, 0.2) is 4.99 Å². The fraction of sp³-hybridized carbons (Fsp3) is 0.950. The second-order valence-corrected chi connectivity index (χ2v) is 12.1. The molecule has 2 saturated heterocycles. The number of hydrogen-bond donors (Lipinski definition) is 1. The van der Waals surface area contributed by atoms with Crippen molar-refractivity contribution in [3.8, 4) is 0 Å². The lowest BCUT2D eigenvalue weighted by Crippen LogP contribution is -2.58. The SMILES string of the molecule is CN=C(NCC1(CN2CCOCC2)CCCCC1)N1CCS(=O)(=O)C(C)(C)C1.I. The summed E-state index contributed by atoms with van der Waals surface area (Å²) >= 11 is 0. The van der Waals surface area contributed by atoms with Crippen LogP contribution in [0.3, 0.4) is 0 Å². The molecule has 0 aromatic heterocycles. The van der Waals surface area contributed by atoms with Crippen molar-refractivity contribution in [1.82, 2.24) is 15.1 Å². The van der Waals surface area contributed by atoms with Gasteiger partial charge >= 0.3 is 0 Å². The molecule has 3 aliphatic rings. The van der Waals surface area contributed by atoms with Crippen molar-refractivity contribution >= 4 is 39.8 Å². The van der Waals surface area contributed by atoms with E-state index in [1.54, 1.807) is 7.05 Å². The first-order valence-electron chi connectivity index (χ1n) is 10.8. The van der Waals surface area contributed by atoms with E-state index in [-0.39, 0.29) is 35.1 Å². The Morgan fingerprint density at radius 1 is 1.10 bits per heavy atom. The van der Waals surface area contributed by atoms with Gasteiger partial charge in [-0.15, -0.1) is 24.0 Å². The third-order valence-electron chi connectivity index (χ3n) is 6.75. The minimum atomic E-state index is -3.05. The molecule has 2 aliphatic heterocycles. The Kier molecular flexibility index (Phi) is 9.06. The van der Waals surface area contributed by atoms with Crippen molar-refractivity contribution in [1.29, 1.82) is 0 Å². The number of sulfone groups is 1. The Morgan fingerprint density at radius 3 is 2.34 bits per heavy atom. The maximum Gasteiger partial charge on any atom is 0.193 e. The molecular weight excluding hydrogens is 503 g/mol. The second-order valence-electron chi connectivity index (χ2n) is 9.35. The van der Waals surface area contributed by atoms with Crippen LogP contribution in [0.1, 0.15) is 46.0 Å². The monoisotopic (exact) mass is 542 g/mol. The van der Waals surface area contributed by atoms with Crippen LogP contribution in [-0.4, -0.2) is 94.2 Å². The molecule has 170 valence electrons. The number of ether oxygens (including phenoxy) is 1. The predicted molar refractivity (Wildman–Crippen MR) is 129 cm³/mol. The van der Waals surface area contributed by atoms with Gasteiger partial charge in [-0.1, -0.05) is 19.3 Å². The van der Waals surface area contributed by atoms with Crippen LogP contribution in [0.2, 0.25) is 0 Å². The Morgan fingerprint density at radius 2 is 1.76 bits per heavy atom. The Balaban J connectivity index is 0.00000300. The van der Waals surface area contributed by atoms with Gasteiger partial charge in [0.05, 0.1) is 23.7 Å². The minimum Gasteiger partial charge on any atom is -0.379 e. The van der Waals surface area contributed by atoms with E-state index in [2.05, 4.69) is 20.1 Å². The highest BCUT2D eigenvalue weighted by molar-refractivity contribution is 14.0. The first-order chi connectivity index (χ1) is 13.3. The number of hydrogen-bond acceptors (Lipinski definition) is 5. The van der Waals surface area contributed by atoms with Crippen molar-refractivity contribution in [3.63, 3.8) is 0 Å². The van der Waals surface area contributed by atoms with E-state index in [0.717, 1.165) is 45.4 Å². The van der Waals surface area contributed by atoms with Crippen molar-refractivity contribution < 1.29 is 13.2 Å². The normalized spacial score (nSPS) is 27.1. The summed E-state index contributed by atoms with van der Waals surface area (Å²) in [5, 5.41) is 3.63. The van der Waals surface area contributed by atoms with Crippen LogP contribution < -0.4 is 5.32 Å². The third-order valence-corrected chi connectivity index (χ3v) is 9.29. The van der Waals surface area contributed by atoms with Crippen LogP contribution in [0.4, 0.5) is 0 Å². The van der Waals surface area contributed by atoms with Crippen molar-refractivity contribution in [2.75, 3.05) is 65.3 Å². The number of nitrogens with zero attached hydrogens (tertiary/aromatic N) is 3. The Bertz CT molecular complexity index is 657. The molecule has 0 unspecified atom stereocenters. The molecule has 0 radical (unpaired) electrons. The van der Waals surface area contributed by atoms with Gasteiger partial charge in [-0.25, -0.2) is 8.42 Å². The van der Waals surface area contributed by atoms with Crippen LogP contribution in [0.5, 0.6) is 0 Å². The molecule has 2 heterocycles. The molecule has 0 bridgehead atoms. The molecular formula is C20H39IN4O3S. The number of rotatable bonds is 4. The maximum atomic E-state index is 12.3. The van der Waals surface area contributed by atoms with Gasteiger partial charge in [-0.05, 0) is 26.7 Å². The summed E-state index contributed by atoms with van der Waals surface area (Å²) in [4.78, 5) is 9.16. The number of nitrogens with one attached hydrogen (secondary N) is 1. The van der Waals surface area contributed by atoms with Crippen molar-refractivity contribution in [3.05, 3.63) is 0 Å². The topological polar surface area (TPSA) is 74.2 Å². The van der Waals surface area contributed by atoms with E-state index < -0.39 is 14.6 Å². The highest BCUT2D eigenvalue weighted by Crippen LogP contribution is 2.37. The number of aliphatic imine (C=N–C) groups is 1. The summed E-state index contributed by atoms with van der Waals surface area (Å²) in [7, 11) is -1.25. The number of guanidine groups is 1. The summed E-state index contributed by atoms with van der Waals surface area (Å²) < 4.78 is 29.5. The molecule has 29 heavy (non-hydrogen) atoms. The predicted octanol–water partition coefficient (Wildman–Crippen LogP) is 1.97. The zero-order valence-corrected chi connectivity index (χ0v) is 21.4. The van der Waals surface area contributed by atoms with E-state index in [1.807, 2.05) is 13.8 Å². The van der Waals surface area contributed by atoms with Gasteiger partial charge in [0.1, 0.15) is 0 Å². The lowest BCUT2D eigenvalue weighted by atomic mass is 9.73. The molecule has 1 aliphatic carbocycles. The van der Waals surface area contributed by atoms with Gasteiger partial charge in [0, 0.05) is 51.7 Å². The second kappa shape index (κ2) is 10.5. The Labute approximate surface area is 194 Å². The van der Waals surface area contributed by atoms with Gasteiger partial charge in [-0.2, -0.15) is 0 Å². The lowest BCUT2D eigenvalue weighted by Gasteiger charge is -2.44. The maximum absolute atomic E-state index is 12.3. The fourth-order valence-corrected chi connectivity index (χ4v) is 6.22. The average Bonchev–Trinajstić information content (AvgIpc) is 2.66. The van der Waals surface area contributed by atoms with Gasteiger partial charge in [-0.3, -0.25) is 9.89 Å². The van der Waals surface area contributed by atoms with Gasteiger partial charge in [0.15, 0.2) is 15.8 Å². The first-order valence-corrected chi connectivity index (χ1v) is 12.4.